The van der Waals surface area contributed by atoms with E-state index in [1.165, 1.54) is 5.37 Å². The molecule has 0 radical (unpaired) electrons. The fraction of sp³-hybridized carbons (Fsp3) is 0.214. The Bertz CT molecular complexity index is 707. The van der Waals surface area contributed by atoms with Gasteiger partial charge in [-0.2, -0.15) is 0 Å². The van der Waals surface area contributed by atoms with E-state index in [4.69, 9.17) is 39.9 Å². The molecule has 2 aromatic rings. The number of hydrogen-bond donors (Lipinski definition) is 0. The first kappa shape index (κ1) is 13.7. The number of hydrogen-bond acceptors (Lipinski definition) is 4. The smallest absolute Gasteiger partial charge is 0.179 e. The van der Waals surface area contributed by atoms with Crippen LogP contribution in [-0.2, 0) is 0 Å². The molecular formula is C14H9Cl2NO2S. The second kappa shape index (κ2) is 5.28. The average molecular weight is 326 g/mol. The number of carbonyl (C=O) groups excluding carboxylic acids is 1. The predicted octanol–water partition coefficient (Wildman–Crippen LogP) is 4.59. The van der Waals surface area contributed by atoms with Crippen LogP contribution in [0.2, 0.25) is 10.0 Å². The Kier molecular flexibility index (Phi) is 3.63. The molecule has 1 aliphatic rings. The Morgan fingerprint density at radius 3 is 2.75 bits per heavy atom. The van der Waals surface area contributed by atoms with Crippen molar-refractivity contribution in [3.05, 3.63) is 39.5 Å². The van der Waals surface area contributed by atoms with E-state index >= 15 is 0 Å². The highest BCUT2D eigenvalue weighted by Crippen LogP contribution is 2.39. The second-order valence-electron chi connectivity index (χ2n) is 4.65. The van der Waals surface area contributed by atoms with E-state index in [1.54, 1.807) is 18.2 Å². The molecule has 20 heavy (non-hydrogen) atoms. The highest BCUT2D eigenvalue weighted by Gasteiger charge is 2.35. The lowest BCUT2D eigenvalue weighted by Crippen LogP contribution is -2.05. The SMILES string of the molecule is O=C(c1c(C=S)noc1-c1ccc(Cl)cc1Cl)C1CC1. The van der Waals surface area contributed by atoms with E-state index in [0.717, 1.165) is 12.8 Å². The number of Topliss-reactive ketones (excluding diaryl/α,β-unsaturated/α-hetero) is 1. The molecule has 0 spiro atoms. The topological polar surface area (TPSA) is 43.1 Å². The Hall–Kier alpha value is -1.23. The van der Waals surface area contributed by atoms with Crippen molar-refractivity contribution in [2.75, 3.05) is 0 Å². The normalized spacial score (nSPS) is 14.3. The first-order valence-electron chi connectivity index (χ1n) is 6.06. The molecule has 1 aliphatic carbocycles. The van der Waals surface area contributed by atoms with Gasteiger partial charge in [0.25, 0.3) is 0 Å². The first-order chi connectivity index (χ1) is 9.61. The Morgan fingerprint density at radius 2 is 2.15 bits per heavy atom. The maximum absolute atomic E-state index is 12.4. The zero-order valence-corrected chi connectivity index (χ0v) is 12.6. The largest absolute Gasteiger partial charge is 0.355 e. The maximum atomic E-state index is 12.4. The number of nitrogens with zero attached hydrogens (tertiary/aromatic N) is 1. The third kappa shape index (κ3) is 2.39. The van der Waals surface area contributed by atoms with Crippen molar-refractivity contribution in [2.45, 2.75) is 12.8 Å². The minimum Gasteiger partial charge on any atom is -0.355 e. The molecule has 0 bridgehead atoms. The third-order valence-electron chi connectivity index (χ3n) is 3.20. The molecule has 1 heterocycles. The average Bonchev–Trinajstić information content (AvgIpc) is 3.18. The number of carbonyl (C=O) groups is 1. The summed E-state index contributed by atoms with van der Waals surface area (Å²) in [6, 6.07) is 5.00. The van der Waals surface area contributed by atoms with Gasteiger partial charge in [-0.25, -0.2) is 0 Å². The summed E-state index contributed by atoms with van der Waals surface area (Å²) in [5, 5.41) is 6.14. The van der Waals surface area contributed by atoms with Gasteiger partial charge in [0.15, 0.2) is 11.5 Å². The fourth-order valence-corrected chi connectivity index (χ4v) is 2.68. The van der Waals surface area contributed by atoms with Gasteiger partial charge >= 0.3 is 0 Å². The van der Waals surface area contributed by atoms with Gasteiger partial charge in [-0.15, -0.1) is 0 Å². The summed E-state index contributed by atoms with van der Waals surface area (Å²) in [5.41, 5.74) is 1.40. The molecule has 102 valence electrons. The Labute approximate surface area is 130 Å². The van der Waals surface area contributed by atoms with Crippen molar-refractivity contribution in [3.63, 3.8) is 0 Å². The van der Waals surface area contributed by atoms with Crippen molar-refractivity contribution < 1.29 is 9.32 Å². The summed E-state index contributed by atoms with van der Waals surface area (Å²) < 4.78 is 5.30. The van der Waals surface area contributed by atoms with Crippen LogP contribution < -0.4 is 0 Å². The van der Waals surface area contributed by atoms with Crippen molar-refractivity contribution >= 4 is 46.6 Å². The predicted molar refractivity (Wildman–Crippen MR) is 81.8 cm³/mol. The molecule has 3 nitrogen and oxygen atoms in total. The van der Waals surface area contributed by atoms with Crippen molar-refractivity contribution in [3.8, 4) is 11.3 Å². The molecule has 1 fully saturated rings. The summed E-state index contributed by atoms with van der Waals surface area (Å²) in [5.74, 6) is 0.427. The minimum absolute atomic E-state index is 0.0170. The summed E-state index contributed by atoms with van der Waals surface area (Å²) in [6.07, 6.45) is 1.79. The van der Waals surface area contributed by atoms with Crippen molar-refractivity contribution in [1.82, 2.24) is 5.16 Å². The lowest BCUT2D eigenvalue weighted by molar-refractivity contribution is 0.0968. The van der Waals surface area contributed by atoms with Crippen LogP contribution in [0.5, 0.6) is 0 Å². The number of rotatable bonds is 4. The summed E-state index contributed by atoms with van der Waals surface area (Å²) in [4.78, 5) is 12.4. The summed E-state index contributed by atoms with van der Waals surface area (Å²) >= 11 is 16.9. The Balaban J connectivity index is 2.15. The molecule has 0 saturated heterocycles. The van der Waals surface area contributed by atoms with Gasteiger partial charge in [0.1, 0.15) is 5.69 Å². The number of thiocarbonyl (C=S) groups is 1. The lowest BCUT2D eigenvalue weighted by Gasteiger charge is -2.03. The molecule has 1 aromatic heterocycles. The zero-order chi connectivity index (χ0) is 14.3. The Morgan fingerprint density at radius 1 is 1.40 bits per heavy atom. The van der Waals surface area contributed by atoms with Crippen LogP contribution in [0.1, 0.15) is 28.9 Å². The molecule has 0 N–H and O–H groups in total. The molecule has 0 aliphatic heterocycles. The fourth-order valence-electron chi connectivity index (χ4n) is 2.03. The van der Waals surface area contributed by atoms with E-state index in [-0.39, 0.29) is 11.7 Å². The van der Waals surface area contributed by atoms with Crippen molar-refractivity contribution in [1.29, 1.82) is 0 Å². The molecule has 0 unspecified atom stereocenters. The molecule has 1 aromatic carbocycles. The van der Waals surface area contributed by atoms with E-state index in [9.17, 15) is 4.79 Å². The number of aromatic nitrogens is 1. The van der Waals surface area contributed by atoms with Crippen LogP contribution in [0.25, 0.3) is 11.3 Å². The van der Waals surface area contributed by atoms with E-state index < -0.39 is 0 Å². The highest BCUT2D eigenvalue weighted by molar-refractivity contribution is 7.79. The van der Waals surface area contributed by atoms with E-state index in [1.807, 2.05) is 0 Å². The van der Waals surface area contributed by atoms with Crippen LogP contribution in [0.4, 0.5) is 0 Å². The van der Waals surface area contributed by atoms with Crippen LogP contribution in [-0.4, -0.2) is 16.3 Å². The molecular weight excluding hydrogens is 317 g/mol. The molecule has 1 saturated carbocycles. The van der Waals surface area contributed by atoms with Crippen LogP contribution in [0.3, 0.4) is 0 Å². The van der Waals surface area contributed by atoms with Crippen LogP contribution >= 0.6 is 35.4 Å². The summed E-state index contributed by atoms with van der Waals surface area (Å²) in [7, 11) is 0. The maximum Gasteiger partial charge on any atom is 0.179 e. The zero-order valence-electron chi connectivity index (χ0n) is 10.2. The molecule has 6 heteroatoms. The number of halogens is 2. The highest BCUT2D eigenvalue weighted by atomic mass is 35.5. The molecule has 3 rings (SSSR count). The number of benzene rings is 1. The van der Waals surface area contributed by atoms with Gasteiger partial charge in [-0.05, 0) is 31.0 Å². The molecule has 0 amide bonds. The van der Waals surface area contributed by atoms with E-state index in [2.05, 4.69) is 5.16 Å². The standard InChI is InChI=1S/C14H9Cl2NO2S/c15-8-3-4-9(10(16)5-8)14-12(11(6-20)17-19-14)13(18)7-1-2-7/h3-7H,1-2H2. The lowest BCUT2D eigenvalue weighted by atomic mass is 10.0. The van der Waals surface area contributed by atoms with Gasteiger partial charge in [0.2, 0.25) is 0 Å². The van der Waals surface area contributed by atoms with Crippen LogP contribution in [0, 0.1) is 5.92 Å². The monoisotopic (exact) mass is 325 g/mol. The van der Waals surface area contributed by atoms with E-state index in [0.29, 0.717) is 32.6 Å². The van der Waals surface area contributed by atoms with Gasteiger partial charge in [-0.1, -0.05) is 40.6 Å². The van der Waals surface area contributed by atoms with Gasteiger partial charge in [0, 0.05) is 21.9 Å². The first-order valence-corrected chi connectivity index (χ1v) is 7.29. The van der Waals surface area contributed by atoms with Gasteiger partial charge < -0.3 is 4.52 Å². The number of ketones is 1. The molecule has 0 atom stereocenters. The van der Waals surface area contributed by atoms with Gasteiger partial charge in [-0.3, -0.25) is 4.79 Å². The summed E-state index contributed by atoms with van der Waals surface area (Å²) in [6.45, 7) is 0. The minimum atomic E-state index is 0.0170. The van der Waals surface area contributed by atoms with Crippen molar-refractivity contribution in [2.24, 2.45) is 5.92 Å². The second-order valence-corrected chi connectivity index (χ2v) is 5.73. The quantitative estimate of drug-likeness (QED) is 0.609. The van der Waals surface area contributed by atoms with Gasteiger partial charge in [0.05, 0.1) is 10.6 Å². The third-order valence-corrected chi connectivity index (χ3v) is 3.97. The van der Waals surface area contributed by atoms with Crippen LogP contribution in [0.15, 0.2) is 22.7 Å².